The van der Waals surface area contributed by atoms with Gasteiger partial charge < -0.3 is 4.98 Å². The minimum absolute atomic E-state index is 0.355. The molecule has 3 nitrogen and oxygen atoms in total. The van der Waals surface area contributed by atoms with Crippen molar-refractivity contribution in [2.45, 2.75) is 26.7 Å². The normalized spacial score (nSPS) is 10.9. The Kier molecular flexibility index (Phi) is 3.78. The van der Waals surface area contributed by atoms with E-state index in [4.69, 9.17) is 23.8 Å². The van der Waals surface area contributed by atoms with Crippen molar-refractivity contribution in [2.24, 2.45) is 0 Å². The van der Waals surface area contributed by atoms with Crippen molar-refractivity contribution in [3.05, 3.63) is 39.3 Å². The van der Waals surface area contributed by atoms with Crippen molar-refractivity contribution in [1.29, 1.82) is 0 Å². The molecular weight excluding hydrogens is 266 g/mol. The standard InChI is InChI=1S/C13H14ClN3S/c1-7(2)11-8(3)16-12(17-13(11)18)10-5-4-9(14)6-15-10/h4-7H,1-3H3,(H,16,17,18). The summed E-state index contributed by atoms with van der Waals surface area (Å²) in [5.41, 5.74) is 2.86. The maximum atomic E-state index is 5.81. The van der Waals surface area contributed by atoms with Crippen LogP contribution in [-0.4, -0.2) is 15.0 Å². The molecule has 0 atom stereocenters. The van der Waals surface area contributed by atoms with Crippen molar-refractivity contribution in [2.75, 3.05) is 0 Å². The Morgan fingerprint density at radius 3 is 2.56 bits per heavy atom. The Morgan fingerprint density at radius 1 is 1.33 bits per heavy atom. The van der Waals surface area contributed by atoms with E-state index in [0.717, 1.165) is 17.0 Å². The van der Waals surface area contributed by atoms with E-state index in [1.54, 1.807) is 12.3 Å². The van der Waals surface area contributed by atoms with Crippen LogP contribution >= 0.6 is 23.8 Å². The quantitative estimate of drug-likeness (QED) is 0.834. The average molecular weight is 280 g/mol. The van der Waals surface area contributed by atoms with Gasteiger partial charge in [-0.15, -0.1) is 0 Å². The first-order chi connectivity index (χ1) is 8.49. The largest absolute Gasteiger partial charge is 0.342 e. The molecule has 18 heavy (non-hydrogen) atoms. The van der Waals surface area contributed by atoms with Gasteiger partial charge in [-0.25, -0.2) is 4.98 Å². The zero-order valence-corrected chi connectivity index (χ0v) is 12.1. The Labute approximate surface area is 116 Å². The van der Waals surface area contributed by atoms with Crippen LogP contribution in [0.4, 0.5) is 0 Å². The molecule has 0 saturated carbocycles. The number of nitrogens with one attached hydrogen (secondary N) is 1. The molecule has 0 aliphatic carbocycles. The van der Waals surface area contributed by atoms with E-state index in [0.29, 0.717) is 21.4 Å². The number of rotatable bonds is 2. The van der Waals surface area contributed by atoms with E-state index in [1.165, 1.54) is 0 Å². The Balaban J connectivity index is 2.55. The van der Waals surface area contributed by atoms with Gasteiger partial charge >= 0.3 is 0 Å². The maximum absolute atomic E-state index is 5.81. The number of aromatic nitrogens is 3. The number of pyridine rings is 1. The molecule has 0 radical (unpaired) electrons. The van der Waals surface area contributed by atoms with Gasteiger partial charge in [-0.2, -0.15) is 0 Å². The minimum Gasteiger partial charge on any atom is -0.342 e. The minimum atomic E-state index is 0.355. The zero-order chi connectivity index (χ0) is 13.3. The molecule has 0 aromatic carbocycles. The van der Waals surface area contributed by atoms with Crippen molar-refractivity contribution >= 4 is 23.8 Å². The predicted molar refractivity (Wildman–Crippen MR) is 76.5 cm³/mol. The summed E-state index contributed by atoms with van der Waals surface area (Å²) in [4.78, 5) is 11.9. The van der Waals surface area contributed by atoms with Crippen LogP contribution in [0.25, 0.3) is 11.5 Å². The fourth-order valence-corrected chi connectivity index (χ4v) is 2.50. The summed E-state index contributed by atoms with van der Waals surface area (Å²) in [5, 5.41) is 0.605. The van der Waals surface area contributed by atoms with Gasteiger partial charge in [-0.3, -0.25) is 4.98 Å². The zero-order valence-electron chi connectivity index (χ0n) is 10.5. The van der Waals surface area contributed by atoms with Gasteiger partial charge in [-0.05, 0) is 25.0 Å². The van der Waals surface area contributed by atoms with Gasteiger partial charge in [-0.1, -0.05) is 37.7 Å². The first kappa shape index (κ1) is 13.2. The molecule has 0 aliphatic rings. The molecule has 0 bridgehead atoms. The van der Waals surface area contributed by atoms with Crippen molar-refractivity contribution < 1.29 is 0 Å². The van der Waals surface area contributed by atoms with Crippen molar-refractivity contribution in [3.63, 3.8) is 0 Å². The van der Waals surface area contributed by atoms with Crippen LogP contribution in [-0.2, 0) is 0 Å². The van der Waals surface area contributed by atoms with Crippen LogP contribution in [0, 0.1) is 11.6 Å². The highest BCUT2D eigenvalue weighted by Gasteiger charge is 2.10. The number of hydrogen-bond donors (Lipinski definition) is 1. The molecule has 0 aliphatic heterocycles. The van der Waals surface area contributed by atoms with Gasteiger partial charge in [0.25, 0.3) is 0 Å². The summed E-state index contributed by atoms with van der Waals surface area (Å²) in [7, 11) is 0. The number of H-pyrrole nitrogens is 1. The molecule has 2 aromatic heterocycles. The Morgan fingerprint density at radius 2 is 2.06 bits per heavy atom. The summed E-state index contributed by atoms with van der Waals surface area (Å²) in [6.07, 6.45) is 1.60. The van der Waals surface area contributed by atoms with E-state index in [1.807, 2.05) is 13.0 Å². The highest BCUT2D eigenvalue weighted by molar-refractivity contribution is 7.71. The van der Waals surface area contributed by atoms with Crippen molar-refractivity contribution in [3.8, 4) is 11.5 Å². The number of aromatic amines is 1. The molecule has 5 heteroatoms. The molecular formula is C13H14ClN3S. The Hall–Kier alpha value is -1.26. The lowest BCUT2D eigenvalue weighted by atomic mass is 10.0. The fraction of sp³-hybridized carbons (Fsp3) is 0.308. The highest BCUT2D eigenvalue weighted by Crippen LogP contribution is 2.21. The van der Waals surface area contributed by atoms with Gasteiger partial charge in [0.15, 0.2) is 5.82 Å². The summed E-state index contributed by atoms with van der Waals surface area (Å²) in [5.74, 6) is 1.03. The number of halogens is 1. The number of hydrogen-bond acceptors (Lipinski definition) is 3. The first-order valence-corrected chi connectivity index (χ1v) is 6.50. The summed E-state index contributed by atoms with van der Waals surface area (Å²) >= 11 is 11.2. The lowest BCUT2D eigenvalue weighted by molar-refractivity contribution is 0.824. The molecule has 2 heterocycles. The van der Waals surface area contributed by atoms with Gasteiger partial charge in [0.2, 0.25) is 0 Å². The molecule has 2 rings (SSSR count). The van der Waals surface area contributed by atoms with Gasteiger partial charge in [0.05, 0.1) is 5.02 Å². The van der Waals surface area contributed by atoms with Crippen LogP contribution in [0.15, 0.2) is 18.3 Å². The smallest absolute Gasteiger partial charge is 0.157 e. The topological polar surface area (TPSA) is 41.6 Å². The van der Waals surface area contributed by atoms with Crippen LogP contribution in [0.1, 0.15) is 31.0 Å². The summed E-state index contributed by atoms with van der Waals surface area (Å²) in [6, 6.07) is 3.61. The third kappa shape index (κ3) is 2.60. The van der Waals surface area contributed by atoms with Crippen molar-refractivity contribution in [1.82, 2.24) is 15.0 Å². The predicted octanol–water partition coefficient (Wildman–Crippen LogP) is 4.29. The molecule has 0 fully saturated rings. The lowest BCUT2D eigenvalue weighted by Gasteiger charge is -2.11. The second kappa shape index (κ2) is 5.16. The van der Waals surface area contributed by atoms with Crippen LogP contribution in [0.3, 0.4) is 0 Å². The molecule has 1 N–H and O–H groups in total. The third-order valence-corrected chi connectivity index (χ3v) is 3.24. The van der Waals surface area contributed by atoms with E-state index in [9.17, 15) is 0 Å². The second-order valence-electron chi connectivity index (χ2n) is 4.45. The SMILES string of the molecule is Cc1[nH]c(-c2ccc(Cl)cn2)nc(=S)c1C(C)C. The van der Waals surface area contributed by atoms with E-state index < -0.39 is 0 Å². The summed E-state index contributed by atoms with van der Waals surface area (Å²) in [6.45, 7) is 6.22. The van der Waals surface area contributed by atoms with E-state index >= 15 is 0 Å². The first-order valence-electron chi connectivity index (χ1n) is 5.71. The molecule has 0 unspecified atom stereocenters. The summed E-state index contributed by atoms with van der Waals surface area (Å²) < 4.78 is 0.632. The third-order valence-electron chi connectivity index (χ3n) is 2.70. The monoisotopic (exact) mass is 279 g/mol. The Bertz CT molecular complexity index is 617. The second-order valence-corrected chi connectivity index (χ2v) is 5.27. The molecule has 2 aromatic rings. The van der Waals surface area contributed by atoms with Crippen LogP contribution in [0.5, 0.6) is 0 Å². The van der Waals surface area contributed by atoms with E-state index in [-0.39, 0.29) is 0 Å². The number of nitrogens with zero attached hydrogens (tertiary/aromatic N) is 2. The van der Waals surface area contributed by atoms with E-state index in [2.05, 4.69) is 28.8 Å². The average Bonchev–Trinajstić information content (AvgIpc) is 2.28. The van der Waals surface area contributed by atoms with Gasteiger partial charge in [0.1, 0.15) is 10.3 Å². The highest BCUT2D eigenvalue weighted by atomic mass is 35.5. The van der Waals surface area contributed by atoms with Crippen LogP contribution < -0.4 is 0 Å². The molecule has 0 spiro atoms. The molecule has 0 amide bonds. The lowest BCUT2D eigenvalue weighted by Crippen LogP contribution is -2.02. The number of aryl methyl sites for hydroxylation is 1. The van der Waals surface area contributed by atoms with Crippen LogP contribution in [0.2, 0.25) is 5.02 Å². The molecule has 94 valence electrons. The van der Waals surface area contributed by atoms with Gasteiger partial charge in [0, 0.05) is 17.5 Å². The maximum Gasteiger partial charge on any atom is 0.157 e. The molecule has 0 saturated heterocycles. The fourth-order valence-electron chi connectivity index (χ4n) is 1.91.